The molecular weight excluding hydrogens is 1100 g/mol. The molecule has 20 nitrogen and oxygen atoms in total. The van der Waals surface area contributed by atoms with Crippen LogP contribution in [0.2, 0.25) is 0 Å². The highest BCUT2D eigenvalue weighted by atomic mass is 32.2. The van der Waals surface area contributed by atoms with Gasteiger partial charge in [0.25, 0.3) is 0 Å². The highest BCUT2D eigenvalue weighted by molar-refractivity contribution is 7.91. The lowest BCUT2D eigenvalue weighted by molar-refractivity contribution is -0.254. The molecule has 3 aromatic rings. The van der Waals surface area contributed by atoms with Crippen LogP contribution in [0.15, 0.2) is 69.3 Å². The number of ether oxygens (including phenoxy) is 4. The van der Waals surface area contributed by atoms with Crippen molar-refractivity contribution in [2.75, 3.05) is 18.8 Å². The van der Waals surface area contributed by atoms with Gasteiger partial charge in [-0.2, -0.15) is 0 Å². The number of benzene rings is 3. The van der Waals surface area contributed by atoms with Gasteiger partial charge >= 0.3 is 0 Å². The molecule has 0 amide bonds. The number of aliphatic hydroxyl groups is 6. The third-order valence-corrected chi connectivity index (χ3v) is 17.0. The van der Waals surface area contributed by atoms with E-state index in [0.717, 1.165) is 50.5 Å². The van der Waals surface area contributed by atoms with Crippen LogP contribution in [0.25, 0.3) is 0 Å². The minimum absolute atomic E-state index is 0. The average Bonchev–Trinajstić information content (AvgIpc) is 3.36. The molecule has 3 aromatic carbocycles. The van der Waals surface area contributed by atoms with Crippen molar-refractivity contribution >= 4 is 35.8 Å². The first-order valence-electron chi connectivity index (χ1n) is 27.3. The van der Waals surface area contributed by atoms with Crippen LogP contribution in [0.1, 0.15) is 185 Å². The van der Waals surface area contributed by atoms with Crippen LogP contribution in [0.3, 0.4) is 0 Å². The van der Waals surface area contributed by atoms with Gasteiger partial charge in [0.2, 0.25) is 0 Å². The fraction of sp³-hybridized carbons (Fsp3) is 0.667. The Balaban J connectivity index is 0.000000514. The lowest BCUT2D eigenvalue weighted by atomic mass is 9.96. The number of sulfone groups is 3. The third-order valence-electron chi connectivity index (χ3n) is 13.7. The second kappa shape index (κ2) is 34.7. The molecule has 0 aromatic heterocycles. The standard InChI is InChI=1S/C32H46O11S2.C16H34O5.C8H8O4S.CH4/c1-5-8-22-17-24(43-32(41-22)28-19-26(45(4,38)39)12-14-30(28)35)15-20(33)9-7-10-23-16-21(6-2)40-31(42-23)27-18-25(44(3,36)37)11-13-29(27)34;1-3-6-13(18)10-16(21)11-15(20)8-5-7-14(19)9-12(17)4-2;1-13(11,12)7-2-3-8(10)6(4-7)5-9;/h11-14,18-24,31-35H,5-10,15-17H2,1-4H3;12-21H,3-11H2,1-2H3;2-5,10H,1H3;1H4. The summed E-state index contributed by atoms with van der Waals surface area (Å²) in [7, 11) is -10.3. The summed E-state index contributed by atoms with van der Waals surface area (Å²) in [6.07, 6.45) is 7.81. The van der Waals surface area contributed by atoms with Gasteiger partial charge in [-0.25, -0.2) is 25.3 Å². The quantitative estimate of drug-likeness (QED) is 0.0315. The van der Waals surface area contributed by atoms with E-state index in [4.69, 9.17) is 24.1 Å². The van der Waals surface area contributed by atoms with E-state index < -0.39 is 78.7 Å². The molecule has 2 aliphatic rings. The first-order valence-corrected chi connectivity index (χ1v) is 32.9. The molecule has 0 aliphatic carbocycles. The number of aromatic hydroxyl groups is 3. The monoisotopic (exact) mass is 1190 g/mol. The molecular formula is C57H92O20S3. The van der Waals surface area contributed by atoms with E-state index in [1.54, 1.807) is 0 Å². The first kappa shape index (κ1) is 72.3. The van der Waals surface area contributed by atoms with Gasteiger partial charge in [0, 0.05) is 31.6 Å². The molecule has 2 fully saturated rings. The van der Waals surface area contributed by atoms with Crippen LogP contribution < -0.4 is 0 Å². The molecule has 9 N–H and O–H groups in total. The van der Waals surface area contributed by atoms with Crippen LogP contribution >= 0.6 is 0 Å². The lowest BCUT2D eigenvalue weighted by Crippen LogP contribution is -2.36. The summed E-state index contributed by atoms with van der Waals surface area (Å²) >= 11 is 0. The number of carbonyl (C=O) groups excluding carboxylic acids is 1. The van der Waals surface area contributed by atoms with Crippen molar-refractivity contribution in [1.82, 2.24) is 0 Å². The molecule has 458 valence electrons. The number of hydrogen-bond acceptors (Lipinski definition) is 20. The van der Waals surface area contributed by atoms with E-state index in [1.165, 1.54) is 48.5 Å². The summed E-state index contributed by atoms with van der Waals surface area (Å²) in [5.74, 6) is -0.450. The van der Waals surface area contributed by atoms with E-state index in [2.05, 4.69) is 0 Å². The zero-order chi connectivity index (χ0) is 59.3. The molecule has 0 bridgehead atoms. The molecule has 12 unspecified atom stereocenters. The Labute approximate surface area is 474 Å². The summed E-state index contributed by atoms with van der Waals surface area (Å²) < 4.78 is 94.9. The molecule has 23 heteroatoms. The van der Waals surface area contributed by atoms with Crippen LogP contribution in [0, 0.1) is 0 Å². The number of hydrogen-bond donors (Lipinski definition) is 9. The molecule has 0 saturated carbocycles. The van der Waals surface area contributed by atoms with Gasteiger partial charge in [-0.1, -0.05) is 48.0 Å². The van der Waals surface area contributed by atoms with Crippen LogP contribution in [0.4, 0.5) is 0 Å². The summed E-state index contributed by atoms with van der Waals surface area (Å²) in [4.78, 5) is 10.5. The second-order valence-corrected chi connectivity index (χ2v) is 26.9. The summed E-state index contributed by atoms with van der Waals surface area (Å²) in [5.41, 5.74) is 0.480. The zero-order valence-electron chi connectivity index (χ0n) is 46.7. The number of carbonyl (C=O) groups is 1. The number of rotatable bonds is 28. The van der Waals surface area contributed by atoms with E-state index in [-0.39, 0.29) is 86.9 Å². The van der Waals surface area contributed by atoms with E-state index in [1.807, 2.05) is 27.7 Å². The predicted octanol–water partition coefficient (Wildman–Crippen LogP) is 7.67. The Morgan fingerprint density at radius 3 is 1.36 bits per heavy atom. The van der Waals surface area contributed by atoms with Crippen LogP contribution in [-0.4, -0.2) is 157 Å². The normalized spacial score (nSPS) is 21.9. The van der Waals surface area contributed by atoms with Crippen molar-refractivity contribution in [3.63, 3.8) is 0 Å². The van der Waals surface area contributed by atoms with Crippen molar-refractivity contribution in [2.24, 2.45) is 0 Å². The molecule has 5 rings (SSSR count). The van der Waals surface area contributed by atoms with Gasteiger partial charge in [0.1, 0.15) is 17.2 Å². The molecule has 0 radical (unpaired) electrons. The fourth-order valence-corrected chi connectivity index (χ4v) is 11.2. The number of phenols is 3. The van der Waals surface area contributed by atoms with Crippen molar-refractivity contribution in [3.8, 4) is 17.2 Å². The van der Waals surface area contributed by atoms with Gasteiger partial charge in [0.05, 0.1) is 92.4 Å². The third kappa shape index (κ3) is 25.4. The van der Waals surface area contributed by atoms with Crippen molar-refractivity contribution in [2.45, 2.75) is 239 Å². The SMILES string of the molecule is C.CCCC(O)CC(O)CC(O)CCCC(O)CC(O)CC.CCCC1CC(CC(O)CCCC2CC(CC)OC(c3cc(S(C)(=O)=O)ccc3O)O2)OC(c2cc(S(C)(=O)=O)ccc2O)O1.CS(=O)(=O)c1ccc(O)c(C=O)c1. The largest absolute Gasteiger partial charge is 0.507 e. The van der Waals surface area contributed by atoms with Crippen molar-refractivity contribution in [1.29, 1.82) is 0 Å². The fourth-order valence-electron chi connectivity index (χ4n) is 9.22. The highest BCUT2D eigenvalue weighted by Gasteiger charge is 2.35. The molecule has 2 saturated heterocycles. The molecule has 12 atom stereocenters. The Bertz CT molecular complexity index is 2650. The molecule has 2 aliphatic heterocycles. The Hall–Kier alpha value is -3.82. The second-order valence-electron chi connectivity index (χ2n) is 20.9. The van der Waals surface area contributed by atoms with Crippen molar-refractivity contribution in [3.05, 3.63) is 71.3 Å². The topological polar surface area (TPSA) is 338 Å². The number of aldehydes is 1. The Morgan fingerprint density at radius 1 is 0.500 bits per heavy atom. The Kier molecular flexibility index (Phi) is 31.4. The maximum absolute atomic E-state index is 12.1. The van der Waals surface area contributed by atoms with Crippen LogP contribution in [-0.2, 0) is 48.5 Å². The zero-order valence-corrected chi connectivity index (χ0v) is 49.1. The maximum Gasteiger partial charge on any atom is 0.188 e. The van der Waals surface area contributed by atoms with Gasteiger partial charge in [-0.15, -0.1) is 0 Å². The first-order chi connectivity index (χ1) is 37.0. The summed E-state index contributed by atoms with van der Waals surface area (Å²) in [6.45, 7) is 7.88. The molecule has 0 spiro atoms. The van der Waals surface area contributed by atoms with E-state index >= 15 is 0 Å². The van der Waals surface area contributed by atoms with Gasteiger partial charge < -0.3 is 64.9 Å². The molecule has 80 heavy (non-hydrogen) atoms. The number of phenolic OH excluding ortho intramolecular Hbond substituents is 3. The summed E-state index contributed by atoms with van der Waals surface area (Å²) in [6, 6.07) is 11.7. The van der Waals surface area contributed by atoms with Gasteiger partial charge in [-0.3, -0.25) is 4.79 Å². The van der Waals surface area contributed by atoms with E-state index in [9.17, 15) is 70.9 Å². The van der Waals surface area contributed by atoms with Crippen LogP contribution in [0.5, 0.6) is 17.2 Å². The molecule has 2 heterocycles. The van der Waals surface area contributed by atoms with Gasteiger partial charge in [-0.05, 0) is 144 Å². The lowest BCUT2D eigenvalue weighted by Gasteiger charge is -2.37. The smallest absolute Gasteiger partial charge is 0.188 e. The minimum atomic E-state index is -3.51. The highest BCUT2D eigenvalue weighted by Crippen LogP contribution is 2.40. The Morgan fingerprint density at radius 2 is 0.912 bits per heavy atom. The average molecular weight is 1190 g/mol. The van der Waals surface area contributed by atoms with E-state index in [0.29, 0.717) is 89.8 Å². The summed E-state index contributed by atoms with van der Waals surface area (Å²) in [5, 5.41) is 89.3. The minimum Gasteiger partial charge on any atom is -0.507 e. The number of aliphatic hydroxyl groups excluding tert-OH is 6. The van der Waals surface area contributed by atoms with Crippen molar-refractivity contribution < 1.29 is 95.0 Å². The van der Waals surface area contributed by atoms with Gasteiger partial charge in [0.15, 0.2) is 48.4 Å². The predicted molar refractivity (Wildman–Crippen MR) is 303 cm³/mol. The maximum atomic E-state index is 12.1.